The molecule has 1 N–H and O–H groups in total. The normalized spacial score (nSPS) is 16.4. The molecule has 20 heavy (non-hydrogen) atoms. The number of likely N-dealkylation sites (tertiary alicyclic amines) is 1. The molecule has 1 fully saturated rings. The standard InChI is InChI=1S/C15H18FN3O/c1-11(15(20)19-5-3-2-4-6-19)18-14-8-12(10-17)7-13(16)9-14/h7-9,11,18H,2-6H2,1H3. The Bertz CT molecular complexity index is 532. The number of hydrogen-bond acceptors (Lipinski definition) is 3. The van der Waals surface area contributed by atoms with Crippen LogP contribution < -0.4 is 5.32 Å². The van der Waals surface area contributed by atoms with Crippen LogP contribution in [-0.4, -0.2) is 29.9 Å². The highest BCUT2D eigenvalue weighted by atomic mass is 19.1. The molecular formula is C15H18FN3O. The van der Waals surface area contributed by atoms with Crippen molar-refractivity contribution in [3.05, 3.63) is 29.6 Å². The number of nitriles is 1. The van der Waals surface area contributed by atoms with E-state index in [1.807, 2.05) is 11.0 Å². The number of hydrogen-bond donors (Lipinski definition) is 1. The lowest BCUT2D eigenvalue weighted by molar-refractivity contribution is -0.132. The number of anilines is 1. The van der Waals surface area contributed by atoms with E-state index < -0.39 is 11.9 Å². The average Bonchev–Trinajstić information content (AvgIpc) is 2.46. The minimum absolute atomic E-state index is 0.0208. The molecule has 1 unspecified atom stereocenters. The molecule has 0 bridgehead atoms. The van der Waals surface area contributed by atoms with Crippen molar-refractivity contribution in [2.45, 2.75) is 32.2 Å². The van der Waals surface area contributed by atoms with E-state index in [0.717, 1.165) is 25.9 Å². The first kappa shape index (κ1) is 14.3. The molecule has 106 valence electrons. The Hall–Kier alpha value is -2.09. The van der Waals surface area contributed by atoms with Gasteiger partial charge in [-0.05, 0) is 44.4 Å². The SMILES string of the molecule is CC(Nc1cc(F)cc(C#N)c1)C(=O)N1CCCCC1. The second kappa shape index (κ2) is 6.38. The zero-order chi connectivity index (χ0) is 14.5. The first-order valence-corrected chi connectivity index (χ1v) is 6.86. The smallest absolute Gasteiger partial charge is 0.244 e. The number of benzene rings is 1. The molecule has 1 saturated heterocycles. The predicted octanol–water partition coefficient (Wildman–Crippen LogP) is 2.51. The van der Waals surface area contributed by atoms with E-state index in [1.165, 1.54) is 18.6 Å². The Morgan fingerprint density at radius 3 is 2.70 bits per heavy atom. The second-order valence-corrected chi connectivity index (χ2v) is 5.09. The molecule has 1 aromatic rings. The van der Waals surface area contributed by atoms with Crippen molar-refractivity contribution in [1.82, 2.24) is 4.90 Å². The molecule has 2 rings (SSSR count). The maximum absolute atomic E-state index is 13.3. The van der Waals surface area contributed by atoms with E-state index in [0.29, 0.717) is 5.69 Å². The van der Waals surface area contributed by atoms with Crippen LogP contribution in [0.5, 0.6) is 0 Å². The minimum atomic E-state index is -0.482. The molecular weight excluding hydrogens is 257 g/mol. The van der Waals surface area contributed by atoms with Crippen molar-refractivity contribution in [3.8, 4) is 6.07 Å². The van der Waals surface area contributed by atoms with Gasteiger partial charge in [0, 0.05) is 18.8 Å². The highest BCUT2D eigenvalue weighted by molar-refractivity contribution is 5.84. The Morgan fingerprint density at radius 1 is 1.35 bits per heavy atom. The molecule has 1 amide bonds. The minimum Gasteiger partial charge on any atom is -0.374 e. The van der Waals surface area contributed by atoms with Gasteiger partial charge < -0.3 is 10.2 Å². The Morgan fingerprint density at radius 2 is 2.05 bits per heavy atom. The van der Waals surface area contributed by atoms with E-state index >= 15 is 0 Å². The lowest BCUT2D eigenvalue weighted by Gasteiger charge is -2.29. The number of amides is 1. The lowest BCUT2D eigenvalue weighted by Crippen LogP contribution is -2.43. The van der Waals surface area contributed by atoms with Crippen molar-refractivity contribution < 1.29 is 9.18 Å². The number of rotatable bonds is 3. The fourth-order valence-corrected chi connectivity index (χ4v) is 2.44. The van der Waals surface area contributed by atoms with Crippen LogP contribution in [0.15, 0.2) is 18.2 Å². The molecule has 0 saturated carbocycles. The molecule has 0 radical (unpaired) electrons. The monoisotopic (exact) mass is 275 g/mol. The zero-order valence-electron chi connectivity index (χ0n) is 11.5. The maximum Gasteiger partial charge on any atom is 0.244 e. The summed E-state index contributed by atoms with van der Waals surface area (Å²) in [5.41, 5.74) is 0.699. The van der Waals surface area contributed by atoms with Gasteiger partial charge >= 0.3 is 0 Å². The van der Waals surface area contributed by atoms with E-state index in [4.69, 9.17) is 5.26 Å². The predicted molar refractivity (Wildman–Crippen MR) is 74.6 cm³/mol. The van der Waals surface area contributed by atoms with E-state index in [-0.39, 0.29) is 11.5 Å². The molecule has 0 spiro atoms. The van der Waals surface area contributed by atoms with Crippen LogP contribution in [0.2, 0.25) is 0 Å². The van der Waals surface area contributed by atoms with Crippen LogP contribution >= 0.6 is 0 Å². The van der Waals surface area contributed by atoms with E-state index in [1.54, 1.807) is 13.0 Å². The summed E-state index contributed by atoms with van der Waals surface area (Å²) in [6, 6.07) is 5.48. The molecule has 4 nitrogen and oxygen atoms in total. The van der Waals surface area contributed by atoms with Crippen molar-refractivity contribution in [3.63, 3.8) is 0 Å². The summed E-state index contributed by atoms with van der Waals surface area (Å²) in [6.45, 7) is 3.34. The zero-order valence-corrected chi connectivity index (χ0v) is 11.5. The number of halogens is 1. The number of carbonyl (C=O) groups is 1. The fourth-order valence-electron chi connectivity index (χ4n) is 2.44. The third-order valence-electron chi connectivity index (χ3n) is 3.45. The quantitative estimate of drug-likeness (QED) is 0.922. The maximum atomic E-state index is 13.3. The van der Waals surface area contributed by atoms with Crippen LogP contribution in [0.4, 0.5) is 10.1 Å². The van der Waals surface area contributed by atoms with E-state index in [2.05, 4.69) is 5.32 Å². The first-order valence-electron chi connectivity index (χ1n) is 6.86. The van der Waals surface area contributed by atoms with Gasteiger partial charge in [0.15, 0.2) is 0 Å². The molecule has 1 aliphatic heterocycles. The number of carbonyl (C=O) groups excluding carboxylic acids is 1. The van der Waals surface area contributed by atoms with Gasteiger partial charge in [-0.2, -0.15) is 5.26 Å². The van der Waals surface area contributed by atoms with Gasteiger partial charge in [-0.3, -0.25) is 4.79 Å². The lowest BCUT2D eigenvalue weighted by atomic mass is 10.1. The molecule has 1 heterocycles. The van der Waals surface area contributed by atoms with E-state index in [9.17, 15) is 9.18 Å². The Labute approximate surface area is 118 Å². The van der Waals surface area contributed by atoms with Gasteiger partial charge in [-0.25, -0.2) is 4.39 Å². The summed E-state index contributed by atoms with van der Waals surface area (Å²) in [7, 11) is 0. The second-order valence-electron chi connectivity index (χ2n) is 5.09. The summed E-state index contributed by atoms with van der Waals surface area (Å²) in [4.78, 5) is 14.1. The number of nitrogens with zero attached hydrogens (tertiary/aromatic N) is 2. The van der Waals surface area contributed by atoms with Crippen molar-refractivity contribution in [1.29, 1.82) is 5.26 Å². The highest BCUT2D eigenvalue weighted by Crippen LogP contribution is 2.16. The molecule has 0 aromatic heterocycles. The third kappa shape index (κ3) is 3.47. The van der Waals surface area contributed by atoms with Crippen molar-refractivity contribution >= 4 is 11.6 Å². The number of piperidine rings is 1. The van der Waals surface area contributed by atoms with Gasteiger partial charge in [-0.15, -0.1) is 0 Å². The molecule has 0 aliphatic carbocycles. The van der Waals surface area contributed by atoms with Gasteiger partial charge in [0.05, 0.1) is 11.6 Å². The fraction of sp³-hybridized carbons (Fsp3) is 0.467. The van der Waals surface area contributed by atoms with Crippen LogP contribution in [-0.2, 0) is 4.79 Å². The summed E-state index contributed by atoms with van der Waals surface area (Å²) in [6.07, 6.45) is 3.25. The molecule has 5 heteroatoms. The molecule has 1 aromatic carbocycles. The van der Waals surface area contributed by atoms with Crippen LogP contribution in [0.3, 0.4) is 0 Å². The molecule has 1 atom stereocenters. The average molecular weight is 275 g/mol. The van der Waals surface area contributed by atoms with Gasteiger partial charge in [0.25, 0.3) is 0 Å². The van der Waals surface area contributed by atoms with Crippen LogP contribution in [0, 0.1) is 17.1 Å². The van der Waals surface area contributed by atoms with Crippen molar-refractivity contribution in [2.24, 2.45) is 0 Å². The summed E-state index contributed by atoms with van der Waals surface area (Å²) < 4.78 is 13.3. The Balaban J connectivity index is 2.03. The van der Waals surface area contributed by atoms with Crippen LogP contribution in [0.25, 0.3) is 0 Å². The largest absolute Gasteiger partial charge is 0.374 e. The van der Waals surface area contributed by atoms with Crippen molar-refractivity contribution in [2.75, 3.05) is 18.4 Å². The van der Waals surface area contributed by atoms with Gasteiger partial charge in [0.1, 0.15) is 11.9 Å². The number of nitrogens with one attached hydrogen (secondary N) is 1. The Kier molecular flexibility index (Phi) is 4.57. The summed E-state index contributed by atoms with van der Waals surface area (Å²) in [5.74, 6) is -0.461. The first-order chi connectivity index (χ1) is 9.60. The summed E-state index contributed by atoms with van der Waals surface area (Å²) in [5, 5.41) is 11.8. The molecule has 1 aliphatic rings. The van der Waals surface area contributed by atoms with Crippen LogP contribution in [0.1, 0.15) is 31.7 Å². The highest BCUT2D eigenvalue weighted by Gasteiger charge is 2.22. The summed E-state index contributed by atoms with van der Waals surface area (Å²) >= 11 is 0. The van der Waals surface area contributed by atoms with Gasteiger partial charge in [-0.1, -0.05) is 0 Å². The topological polar surface area (TPSA) is 56.1 Å². The third-order valence-corrected chi connectivity index (χ3v) is 3.45. The van der Waals surface area contributed by atoms with Gasteiger partial charge in [0.2, 0.25) is 5.91 Å².